The molecule has 0 saturated carbocycles. The lowest BCUT2D eigenvalue weighted by molar-refractivity contribution is -0.0772. The van der Waals surface area contributed by atoms with E-state index in [0.29, 0.717) is 12.6 Å². The van der Waals surface area contributed by atoms with Gasteiger partial charge >= 0.3 is 0 Å². The third kappa shape index (κ3) is 3.25. The van der Waals surface area contributed by atoms with Crippen LogP contribution >= 0.6 is 11.3 Å². The molecule has 1 aromatic rings. The lowest BCUT2D eigenvalue weighted by Crippen LogP contribution is -2.50. The van der Waals surface area contributed by atoms with Crippen molar-refractivity contribution in [2.75, 3.05) is 26.3 Å². The first-order valence-electron chi connectivity index (χ1n) is 6.06. The smallest absolute Gasteiger partial charge is 0.0933 e. The van der Waals surface area contributed by atoms with E-state index in [1.165, 1.54) is 4.88 Å². The van der Waals surface area contributed by atoms with E-state index in [0.717, 1.165) is 25.2 Å². The third-order valence-corrected chi connectivity index (χ3v) is 4.30. The van der Waals surface area contributed by atoms with Gasteiger partial charge in [-0.15, -0.1) is 11.3 Å². The minimum atomic E-state index is -0.0197. The van der Waals surface area contributed by atoms with E-state index in [1.807, 2.05) is 5.51 Å². The molecule has 1 aromatic heterocycles. The summed E-state index contributed by atoms with van der Waals surface area (Å²) in [7, 11) is 0. The Morgan fingerprint density at radius 3 is 3.12 bits per heavy atom. The Bertz CT molecular complexity index is 356. The van der Waals surface area contributed by atoms with Gasteiger partial charge in [-0.05, 0) is 20.3 Å². The van der Waals surface area contributed by atoms with Crippen molar-refractivity contribution in [2.24, 2.45) is 0 Å². The van der Waals surface area contributed by atoms with Gasteiger partial charge in [0.05, 0.1) is 30.5 Å². The highest BCUT2D eigenvalue weighted by Gasteiger charge is 2.25. The van der Waals surface area contributed by atoms with Crippen LogP contribution in [0.25, 0.3) is 0 Å². The summed E-state index contributed by atoms with van der Waals surface area (Å²) in [5.74, 6) is 0. The normalized spacial score (nSPS) is 26.3. The van der Waals surface area contributed by atoms with Crippen LogP contribution in [0.3, 0.4) is 0 Å². The Morgan fingerprint density at radius 1 is 1.65 bits per heavy atom. The van der Waals surface area contributed by atoms with E-state index in [1.54, 1.807) is 11.3 Å². The van der Waals surface area contributed by atoms with E-state index < -0.39 is 0 Å². The number of aliphatic hydroxyl groups is 1. The molecule has 0 amide bonds. The molecule has 0 aliphatic carbocycles. The second-order valence-corrected chi connectivity index (χ2v) is 5.53. The van der Waals surface area contributed by atoms with Crippen molar-refractivity contribution in [3.8, 4) is 0 Å². The summed E-state index contributed by atoms with van der Waals surface area (Å²) in [6, 6.07) is 0.436. The van der Waals surface area contributed by atoms with Gasteiger partial charge in [-0.2, -0.15) is 0 Å². The van der Waals surface area contributed by atoms with E-state index in [-0.39, 0.29) is 12.7 Å². The van der Waals surface area contributed by atoms with Crippen LogP contribution in [0.15, 0.2) is 5.51 Å². The van der Waals surface area contributed by atoms with Crippen molar-refractivity contribution < 1.29 is 9.84 Å². The molecular weight excluding hydrogens is 236 g/mol. The maximum Gasteiger partial charge on any atom is 0.0933 e. The monoisotopic (exact) mass is 256 g/mol. The van der Waals surface area contributed by atoms with Crippen LogP contribution in [0.4, 0.5) is 0 Å². The van der Waals surface area contributed by atoms with Crippen LogP contribution in [0.1, 0.15) is 17.5 Å². The summed E-state index contributed by atoms with van der Waals surface area (Å²) in [6.45, 7) is 6.91. The molecule has 2 unspecified atom stereocenters. The van der Waals surface area contributed by atoms with Crippen molar-refractivity contribution in [2.45, 2.75) is 32.4 Å². The van der Waals surface area contributed by atoms with E-state index in [9.17, 15) is 0 Å². The predicted molar refractivity (Wildman–Crippen MR) is 68.4 cm³/mol. The maximum absolute atomic E-state index is 9.13. The summed E-state index contributed by atoms with van der Waals surface area (Å²) in [6.07, 6.45) is 1.02. The molecule has 4 nitrogen and oxygen atoms in total. The minimum Gasteiger partial charge on any atom is -0.394 e. The van der Waals surface area contributed by atoms with Gasteiger partial charge in [-0.25, -0.2) is 4.98 Å². The van der Waals surface area contributed by atoms with Crippen molar-refractivity contribution in [1.82, 2.24) is 9.88 Å². The molecule has 1 saturated heterocycles. The number of nitrogens with zero attached hydrogens (tertiary/aromatic N) is 2. The summed E-state index contributed by atoms with van der Waals surface area (Å²) in [4.78, 5) is 8.02. The molecule has 96 valence electrons. The molecule has 0 radical (unpaired) electrons. The number of morpholine rings is 1. The van der Waals surface area contributed by atoms with Gasteiger partial charge in [0.15, 0.2) is 0 Å². The van der Waals surface area contributed by atoms with Gasteiger partial charge in [0.2, 0.25) is 0 Å². The molecule has 2 rings (SSSR count). The fourth-order valence-corrected chi connectivity index (χ4v) is 2.88. The second-order valence-electron chi connectivity index (χ2n) is 4.59. The molecule has 0 aromatic carbocycles. The van der Waals surface area contributed by atoms with Gasteiger partial charge < -0.3 is 9.84 Å². The van der Waals surface area contributed by atoms with Crippen molar-refractivity contribution >= 4 is 11.3 Å². The summed E-state index contributed by atoms with van der Waals surface area (Å²) in [5, 5.41) is 9.13. The molecule has 0 spiro atoms. The van der Waals surface area contributed by atoms with Gasteiger partial charge in [0.1, 0.15) is 0 Å². The maximum atomic E-state index is 9.13. The van der Waals surface area contributed by atoms with Gasteiger partial charge in [0, 0.05) is 24.0 Å². The highest BCUT2D eigenvalue weighted by molar-refractivity contribution is 7.09. The van der Waals surface area contributed by atoms with E-state index in [4.69, 9.17) is 9.84 Å². The van der Waals surface area contributed by atoms with Gasteiger partial charge in [-0.1, -0.05) is 0 Å². The number of rotatable bonds is 4. The zero-order chi connectivity index (χ0) is 12.3. The first-order chi connectivity index (χ1) is 8.20. The average molecular weight is 256 g/mol. The predicted octanol–water partition coefficient (Wildman–Crippen LogP) is 1.08. The SMILES string of the molecule is Cc1ncsc1CCN1CC(CO)OCC1C. The minimum absolute atomic E-state index is 0.0197. The quantitative estimate of drug-likeness (QED) is 0.875. The topological polar surface area (TPSA) is 45.6 Å². The fourth-order valence-electron chi connectivity index (χ4n) is 2.11. The number of thiazole rings is 1. The molecule has 0 bridgehead atoms. The lowest BCUT2D eigenvalue weighted by Gasteiger charge is -2.37. The summed E-state index contributed by atoms with van der Waals surface area (Å²) < 4.78 is 5.53. The Morgan fingerprint density at radius 2 is 2.47 bits per heavy atom. The Kier molecular flexibility index (Phi) is 4.50. The van der Waals surface area contributed by atoms with Crippen LogP contribution in [0.2, 0.25) is 0 Å². The van der Waals surface area contributed by atoms with Crippen molar-refractivity contribution in [3.05, 3.63) is 16.1 Å². The van der Waals surface area contributed by atoms with Crippen LogP contribution < -0.4 is 0 Å². The standard InChI is InChI=1S/C12H20N2O2S/c1-9-7-16-11(6-15)5-14(9)4-3-12-10(2)13-8-17-12/h8-9,11,15H,3-7H2,1-2H3. The summed E-state index contributed by atoms with van der Waals surface area (Å²) in [5.41, 5.74) is 3.05. The molecule has 1 aliphatic rings. The highest BCUT2D eigenvalue weighted by Crippen LogP contribution is 2.16. The molecule has 1 fully saturated rings. The second kappa shape index (κ2) is 5.91. The van der Waals surface area contributed by atoms with Crippen LogP contribution in [0.5, 0.6) is 0 Å². The molecule has 5 heteroatoms. The van der Waals surface area contributed by atoms with E-state index >= 15 is 0 Å². The van der Waals surface area contributed by atoms with Crippen molar-refractivity contribution in [3.63, 3.8) is 0 Å². The van der Waals surface area contributed by atoms with Crippen molar-refractivity contribution in [1.29, 1.82) is 0 Å². The molecule has 1 N–H and O–H groups in total. The first kappa shape index (κ1) is 13.0. The number of ether oxygens (including phenoxy) is 1. The Hall–Kier alpha value is -0.490. The van der Waals surface area contributed by atoms with Crippen LogP contribution in [-0.2, 0) is 11.2 Å². The number of aromatic nitrogens is 1. The average Bonchev–Trinajstić information content (AvgIpc) is 2.74. The summed E-state index contributed by atoms with van der Waals surface area (Å²) >= 11 is 1.73. The van der Waals surface area contributed by atoms with E-state index in [2.05, 4.69) is 23.7 Å². The van der Waals surface area contributed by atoms with Gasteiger partial charge in [0.25, 0.3) is 0 Å². The Balaban J connectivity index is 1.87. The number of aryl methyl sites for hydroxylation is 1. The molecule has 1 aliphatic heterocycles. The lowest BCUT2D eigenvalue weighted by atomic mass is 10.2. The molecule has 2 atom stereocenters. The molecule has 17 heavy (non-hydrogen) atoms. The number of aliphatic hydroxyl groups excluding tert-OH is 1. The van der Waals surface area contributed by atoms with Crippen LogP contribution in [-0.4, -0.2) is 53.4 Å². The molecular formula is C12H20N2O2S. The fraction of sp³-hybridized carbons (Fsp3) is 0.750. The third-order valence-electron chi connectivity index (χ3n) is 3.31. The van der Waals surface area contributed by atoms with Crippen LogP contribution in [0, 0.1) is 6.92 Å². The number of hydrogen-bond donors (Lipinski definition) is 1. The first-order valence-corrected chi connectivity index (χ1v) is 6.94. The molecule has 2 heterocycles. The highest BCUT2D eigenvalue weighted by atomic mass is 32.1. The zero-order valence-electron chi connectivity index (χ0n) is 10.4. The number of hydrogen-bond acceptors (Lipinski definition) is 5. The Labute approximate surface area is 106 Å². The zero-order valence-corrected chi connectivity index (χ0v) is 11.2. The van der Waals surface area contributed by atoms with Gasteiger partial charge in [-0.3, -0.25) is 4.90 Å². The largest absolute Gasteiger partial charge is 0.394 e.